The van der Waals surface area contributed by atoms with Crippen molar-refractivity contribution in [2.45, 2.75) is 57.7 Å². The number of fused-ring (bicyclic) bond motifs is 4. The Morgan fingerprint density at radius 2 is 2.12 bits per heavy atom. The third-order valence-electron chi connectivity index (χ3n) is 5.46. The second-order valence-electron chi connectivity index (χ2n) is 9.58. The van der Waals surface area contributed by atoms with E-state index in [1.165, 1.54) is 7.11 Å². The molecule has 0 radical (unpaired) electrons. The Labute approximate surface area is 201 Å². The summed E-state index contributed by atoms with van der Waals surface area (Å²) in [6.45, 7) is 7.99. The maximum absolute atomic E-state index is 12.6. The highest BCUT2D eigenvalue weighted by atomic mass is 28.3. The normalized spacial score (nSPS) is 16.5. The zero-order valence-corrected chi connectivity index (χ0v) is 21.4. The third-order valence-corrected chi connectivity index (χ3v) is 7.17. The summed E-state index contributed by atoms with van der Waals surface area (Å²) >= 11 is 0. The van der Waals surface area contributed by atoms with Crippen LogP contribution in [0.4, 0.5) is 16.2 Å². The molecule has 0 fully saturated rings. The van der Waals surface area contributed by atoms with E-state index < -0.39 is 14.2 Å². The molecule has 1 aliphatic rings. The second-order valence-corrected chi connectivity index (χ2v) is 15.2. The van der Waals surface area contributed by atoms with Crippen molar-refractivity contribution < 1.29 is 19.1 Å². The van der Waals surface area contributed by atoms with Crippen molar-refractivity contribution in [1.29, 1.82) is 0 Å². The number of anilines is 2. The molecule has 0 aliphatic carbocycles. The molecular weight excluding hydrogens is 450 g/mol. The lowest BCUT2D eigenvalue weighted by Crippen LogP contribution is -2.22. The number of benzene rings is 1. The number of allylic oxidation sites excluding steroid dienone is 1. The molecule has 2 bridgehead atoms. The molecule has 3 rings (SSSR count). The molecule has 0 saturated heterocycles. The third kappa shape index (κ3) is 7.27. The number of carbonyl (C=O) groups is 2. The van der Waals surface area contributed by atoms with Crippen LogP contribution in [0.1, 0.15) is 31.1 Å². The Morgan fingerprint density at radius 3 is 2.85 bits per heavy atom. The Balaban J connectivity index is 1.96. The number of nitrogens with one attached hydrogen (secondary N) is 2. The highest BCUT2D eigenvalue weighted by Gasteiger charge is 2.20. The van der Waals surface area contributed by atoms with Gasteiger partial charge in [-0.2, -0.15) is 0 Å². The van der Waals surface area contributed by atoms with Gasteiger partial charge in [0, 0.05) is 38.5 Å². The van der Waals surface area contributed by atoms with Crippen molar-refractivity contribution in [3.05, 3.63) is 42.4 Å². The molecule has 0 saturated carbocycles. The molecule has 0 unspecified atom stereocenters. The van der Waals surface area contributed by atoms with Gasteiger partial charge in [-0.1, -0.05) is 31.8 Å². The Morgan fingerprint density at radius 1 is 1.32 bits per heavy atom. The Hall–Kier alpha value is -2.95. The van der Waals surface area contributed by atoms with Crippen LogP contribution < -0.4 is 16.4 Å². The van der Waals surface area contributed by atoms with Crippen LogP contribution in [0.15, 0.2) is 36.5 Å². The monoisotopic (exact) mass is 485 g/mol. The summed E-state index contributed by atoms with van der Waals surface area (Å²) in [5.74, 6) is 0.597. The molecule has 2 heterocycles. The van der Waals surface area contributed by atoms with Crippen molar-refractivity contribution in [2.75, 3.05) is 24.4 Å². The zero-order valence-electron chi connectivity index (χ0n) is 20.4. The van der Waals surface area contributed by atoms with Crippen molar-refractivity contribution in [3.8, 4) is 11.3 Å². The molecule has 1 atom stereocenters. The molecule has 0 spiro atoms. The van der Waals surface area contributed by atoms with Crippen molar-refractivity contribution in [2.24, 2.45) is 5.73 Å². The molecule has 1 aromatic carbocycles. The molecule has 1 aliphatic heterocycles. The summed E-state index contributed by atoms with van der Waals surface area (Å²) < 4.78 is 12.6. The average Bonchev–Trinajstić information content (AvgIpc) is 3.19. The van der Waals surface area contributed by atoms with Crippen LogP contribution in [0.25, 0.3) is 11.3 Å². The van der Waals surface area contributed by atoms with Crippen LogP contribution in [0.5, 0.6) is 0 Å². The van der Waals surface area contributed by atoms with Crippen molar-refractivity contribution in [1.82, 2.24) is 9.55 Å². The number of amides is 2. The largest absolute Gasteiger partial charge is 0.453 e. The minimum atomic E-state index is -1.20. The van der Waals surface area contributed by atoms with Gasteiger partial charge < -0.3 is 25.1 Å². The van der Waals surface area contributed by atoms with E-state index >= 15 is 0 Å². The minimum absolute atomic E-state index is 0.126. The number of nitrogens with two attached hydrogens (primary N) is 1. The number of nitrogens with zero attached hydrogens (tertiary/aromatic N) is 2. The SMILES string of the molecule is COC(=O)Nc1ccc2c(c1)NC(=O)CCC=CC[C@H](N)c1nc-2cn1COCC[Si](C)(C)C. The molecule has 4 N–H and O–H groups in total. The first-order valence-corrected chi connectivity index (χ1v) is 15.2. The Kier molecular flexibility index (Phi) is 8.65. The fourth-order valence-electron chi connectivity index (χ4n) is 3.51. The van der Waals surface area contributed by atoms with E-state index in [1.54, 1.807) is 12.1 Å². The number of aromatic nitrogens is 2. The first-order valence-electron chi connectivity index (χ1n) is 11.5. The van der Waals surface area contributed by atoms with Crippen molar-refractivity contribution >= 4 is 31.4 Å². The Bertz CT molecular complexity index is 1040. The van der Waals surface area contributed by atoms with E-state index in [-0.39, 0.29) is 11.9 Å². The molecule has 34 heavy (non-hydrogen) atoms. The molecule has 2 amide bonds. The van der Waals surface area contributed by atoms with Crippen LogP contribution in [0.3, 0.4) is 0 Å². The van der Waals surface area contributed by atoms with Crippen LogP contribution in [-0.2, 0) is 21.0 Å². The van der Waals surface area contributed by atoms with Crippen molar-refractivity contribution in [3.63, 3.8) is 0 Å². The van der Waals surface area contributed by atoms with Gasteiger partial charge in [0.05, 0.1) is 24.5 Å². The number of hydrogen-bond acceptors (Lipinski definition) is 6. The average molecular weight is 486 g/mol. The summed E-state index contributed by atoms with van der Waals surface area (Å²) in [4.78, 5) is 29.0. The lowest BCUT2D eigenvalue weighted by atomic mass is 10.1. The van der Waals surface area contributed by atoms with Gasteiger partial charge in [0.25, 0.3) is 0 Å². The number of rotatable bonds is 6. The highest BCUT2D eigenvalue weighted by Crippen LogP contribution is 2.32. The van der Waals surface area contributed by atoms with Gasteiger partial charge in [0.1, 0.15) is 12.6 Å². The van der Waals surface area contributed by atoms with E-state index in [0.717, 1.165) is 17.4 Å². The summed E-state index contributed by atoms with van der Waals surface area (Å²) in [6, 6.07) is 6.02. The van der Waals surface area contributed by atoms with E-state index in [2.05, 4.69) is 35.0 Å². The van der Waals surface area contributed by atoms with Crippen LogP contribution >= 0.6 is 0 Å². The minimum Gasteiger partial charge on any atom is -0.453 e. The number of hydrogen-bond donors (Lipinski definition) is 3. The van der Waals surface area contributed by atoms with Gasteiger partial charge in [-0.05, 0) is 37.1 Å². The molecule has 184 valence electrons. The first kappa shape index (κ1) is 25.7. The fourth-order valence-corrected chi connectivity index (χ4v) is 4.27. The number of imidazole rings is 1. The maximum atomic E-state index is 12.6. The van der Waals surface area contributed by atoms with Gasteiger partial charge in [-0.3, -0.25) is 10.1 Å². The van der Waals surface area contributed by atoms with E-state index in [4.69, 9.17) is 15.5 Å². The van der Waals surface area contributed by atoms with Gasteiger partial charge in [-0.25, -0.2) is 9.78 Å². The zero-order chi connectivity index (χ0) is 24.7. The van der Waals surface area contributed by atoms with E-state index in [1.807, 2.05) is 29.0 Å². The summed E-state index contributed by atoms with van der Waals surface area (Å²) in [5, 5.41) is 5.59. The predicted octanol–water partition coefficient (Wildman–Crippen LogP) is 4.72. The van der Waals surface area contributed by atoms with Gasteiger partial charge in [0.2, 0.25) is 5.91 Å². The highest BCUT2D eigenvalue weighted by molar-refractivity contribution is 6.76. The van der Waals surface area contributed by atoms with Gasteiger partial charge >= 0.3 is 6.09 Å². The van der Waals surface area contributed by atoms with Crippen LogP contribution in [-0.4, -0.2) is 43.3 Å². The van der Waals surface area contributed by atoms with E-state index in [0.29, 0.717) is 49.7 Å². The molecule has 9 nitrogen and oxygen atoms in total. The topological polar surface area (TPSA) is 121 Å². The van der Waals surface area contributed by atoms with Crippen LogP contribution in [0, 0.1) is 0 Å². The fraction of sp³-hybridized carbons (Fsp3) is 0.458. The summed E-state index contributed by atoms with van der Waals surface area (Å²) in [7, 11) is 0.101. The van der Waals surface area contributed by atoms with Gasteiger partial charge in [0.15, 0.2) is 0 Å². The standard InChI is InChI=1S/C24H35N5O4Si/c1-32-24(31)26-17-10-11-18-20(14-17)27-22(30)9-7-5-6-8-19(25)23-28-21(18)15-29(23)16-33-12-13-34(2,3)4/h5-6,10-11,14-15,19H,7-9,12-13,16,25H2,1-4H3,(H,26,31)(H,27,30)/t19-/m0/s1. The lowest BCUT2D eigenvalue weighted by molar-refractivity contribution is -0.116. The molecule has 1 aromatic heterocycles. The molecule has 2 aromatic rings. The first-order chi connectivity index (χ1) is 16.2. The number of methoxy groups -OCH3 is 1. The predicted molar refractivity (Wildman–Crippen MR) is 136 cm³/mol. The maximum Gasteiger partial charge on any atom is 0.411 e. The van der Waals surface area contributed by atoms with E-state index in [9.17, 15) is 9.59 Å². The van der Waals surface area contributed by atoms with Gasteiger partial charge in [-0.15, -0.1) is 0 Å². The number of carbonyl (C=O) groups excluding carboxylic acids is 2. The second kappa shape index (κ2) is 11.5. The summed E-state index contributed by atoms with van der Waals surface area (Å²) in [5.41, 5.74) is 8.94. The summed E-state index contributed by atoms with van der Waals surface area (Å²) in [6.07, 6.45) is 6.82. The smallest absolute Gasteiger partial charge is 0.411 e. The molecular formula is C24H35N5O4Si. The van der Waals surface area contributed by atoms with Crippen LogP contribution in [0.2, 0.25) is 25.7 Å². The lowest BCUT2D eigenvalue weighted by Gasteiger charge is -2.17. The quantitative estimate of drug-likeness (QED) is 0.309. The molecule has 10 heteroatoms. The number of ether oxygens (including phenoxy) is 2.